The highest BCUT2D eigenvalue weighted by Gasteiger charge is 2.09. The van der Waals surface area contributed by atoms with Crippen molar-refractivity contribution in [2.24, 2.45) is 5.73 Å². The average molecular weight is 430 g/mol. The van der Waals surface area contributed by atoms with Crippen molar-refractivity contribution in [2.45, 2.75) is 123 Å². The Bertz CT molecular complexity index is 356. The predicted molar refractivity (Wildman–Crippen MR) is 132 cm³/mol. The van der Waals surface area contributed by atoms with Crippen LogP contribution >= 0.6 is 0 Å². The number of nitrogens with one attached hydrogen (secondary N) is 4. The summed E-state index contributed by atoms with van der Waals surface area (Å²) in [6.07, 6.45) is 11.2. The van der Waals surface area contributed by atoms with Gasteiger partial charge in [0.05, 0.1) is 6.10 Å². The molecular formula is C24H55N5O. The fraction of sp³-hybridized carbons (Fsp3) is 1.00. The van der Waals surface area contributed by atoms with E-state index in [-0.39, 0.29) is 12.1 Å². The number of unbranched alkanes of at least 4 members (excludes halogenated alkanes) is 7. The van der Waals surface area contributed by atoms with E-state index in [1.807, 2.05) is 6.92 Å². The average Bonchev–Trinajstić information content (AvgIpc) is 2.71. The smallest absolute Gasteiger partial charge is 0.0664 e. The Hall–Kier alpha value is -0.240. The Morgan fingerprint density at radius 3 is 1.63 bits per heavy atom. The van der Waals surface area contributed by atoms with Crippen LogP contribution in [-0.4, -0.2) is 68.1 Å². The lowest BCUT2D eigenvalue weighted by molar-refractivity contribution is 0.157. The molecule has 0 aliphatic carbocycles. The van der Waals surface area contributed by atoms with Crippen LogP contribution in [0.25, 0.3) is 0 Å². The summed E-state index contributed by atoms with van der Waals surface area (Å²) in [6.45, 7) is 15.2. The van der Waals surface area contributed by atoms with Crippen LogP contribution < -0.4 is 27.0 Å². The number of nitrogens with two attached hydrogens (primary N) is 1. The second-order valence-corrected chi connectivity index (χ2v) is 9.48. The van der Waals surface area contributed by atoms with Gasteiger partial charge in [-0.05, 0) is 34.1 Å². The molecule has 7 N–H and O–H groups in total. The normalized spacial score (nSPS) is 16.9. The zero-order valence-electron chi connectivity index (χ0n) is 20.8. The summed E-state index contributed by atoms with van der Waals surface area (Å²) in [5.41, 5.74) is 5.78. The highest BCUT2D eigenvalue weighted by molar-refractivity contribution is 4.74. The molecule has 0 rings (SSSR count). The lowest BCUT2D eigenvalue weighted by atomic mass is 10.1. The van der Waals surface area contributed by atoms with Crippen molar-refractivity contribution in [2.75, 3.05) is 32.7 Å². The van der Waals surface area contributed by atoms with Crippen LogP contribution in [0.1, 0.15) is 92.4 Å². The molecule has 0 aliphatic heterocycles. The van der Waals surface area contributed by atoms with Gasteiger partial charge in [-0.3, -0.25) is 0 Å². The predicted octanol–water partition coefficient (Wildman–Crippen LogP) is 2.75. The van der Waals surface area contributed by atoms with E-state index in [4.69, 9.17) is 5.73 Å². The van der Waals surface area contributed by atoms with Crippen molar-refractivity contribution >= 4 is 0 Å². The molecule has 0 aromatic heterocycles. The topological polar surface area (TPSA) is 94.4 Å². The Morgan fingerprint density at radius 1 is 0.633 bits per heavy atom. The Morgan fingerprint density at radius 2 is 1.10 bits per heavy atom. The quantitative estimate of drug-likeness (QED) is 0.148. The third kappa shape index (κ3) is 21.0. The summed E-state index contributed by atoms with van der Waals surface area (Å²) in [6, 6.07) is 1.41. The molecule has 0 saturated heterocycles. The van der Waals surface area contributed by atoms with Gasteiger partial charge in [0, 0.05) is 56.9 Å². The number of hydrogen-bond acceptors (Lipinski definition) is 6. The van der Waals surface area contributed by atoms with Gasteiger partial charge in [-0.2, -0.15) is 0 Å². The van der Waals surface area contributed by atoms with E-state index in [2.05, 4.69) is 49.0 Å². The van der Waals surface area contributed by atoms with Crippen LogP contribution in [0.2, 0.25) is 0 Å². The van der Waals surface area contributed by atoms with E-state index in [0.29, 0.717) is 24.7 Å². The van der Waals surface area contributed by atoms with Gasteiger partial charge in [0.25, 0.3) is 0 Å². The number of hydrogen-bond donors (Lipinski definition) is 6. The Kier molecular flexibility index (Phi) is 20.5. The van der Waals surface area contributed by atoms with E-state index >= 15 is 0 Å². The molecule has 30 heavy (non-hydrogen) atoms. The summed E-state index contributed by atoms with van der Waals surface area (Å²) in [7, 11) is 0. The molecule has 0 aromatic carbocycles. The first-order chi connectivity index (χ1) is 14.3. The molecule has 0 aromatic rings. The highest BCUT2D eigenvalue weighted by Crippen LogP contribution is 2.10. The van der Waals surface area contributed by atoms with Gasteiger partial charge in [0.1, 0.15) is 0 Å². The fourth-order valence-corrected chi connectivity index (χ4v) is 3.44. The lowest BCUT2D eigenvalue weighted by Crippen LogP contribution is -2.48. The molecule has 6 heteroatoms. The zero-order valence-corrected chi connectivity index (χ0v) is 20.8. The van der Waals surface area contributed by atoms with Crippen molar-refractivity contribution in [3.05, 3.63) is 0 Å². The Labute approximate surface area is 187 Å². The van der Waals surface area contributed by atoms with Crippen molar-refractivity contribution in [1.29, 1.82) is 0 Å². The first kappa shape index (κ1) is 29.8. The molecule has 6 nitrogen and oxygen atoms in total. The molecule has 182 valence electrons. The summed E-state index contributed by atoms with van der Waals surface area (Å²) in [5.74, 6) is 0. The molecule has 0 heterocycles. The van der Waals surface area contributed by atoms with Gasteiger partial charge in [-0.25, -0.2) is 0 Å². The summed E-state index contributed by atoms with van der Waals surface area (Å²) >= 11 is 0. The monoisotopic (exact) mass is 429 g/mol. The number of aliphatic hydroxyl groups is 1. The lowest BCUT2D eigenvalue weighted by Gasteiger charge is -2.22. The van der Waals surface area contributed by atoms with E-state index in [9.17, 15) is 5.11 Å². The first-order valence-electron chi connectivity index (χ1n) is 12.7. The minimum Gasteiger partial charge on any atom is -0.392 e. The van der Waals surface area contributed by atoms with Gasteiger partial charge >= 0.3 is 0 Å². The van der Waals surface area contributed by atoms with Crippen molar-refractivity contribution in [3.8, 4) is 0 Å². The SMILES string of the molecule is CCCCCCCCCCC(O)CNCC(C)NCC(C)NCC(C)NCC(C)N. The standard InChI is InChI=1S/C24H55N5O/c1-6-7-8-9-10-11-12-13-14-24(30)19-26-16-21(3)28-18-23(5)29-17-22(4)27-15-20(2)25/h20-24,26-30H,6-19,25H2,1-5H3. The largest absolute Gasteiger partial charge is 0.392 e. The van der Waals surface area contributed by atoms with E-state index in [1.54, 1.807) is 0 Å². The second kappa shape index (κ2) is 20.7. The maximum atomic E-state index is 10.1. The van der Waals surface area contributed by atoms with Gasteiger partial charge < -0.3 is 32.1 Å². The minimum atomic E-state index is -0.219. The van der Waals surface area contributed by atoms with Crippen LogP contribution in [0.4, 0.5) is 0 Å². The minimum absolute atomic E-state index is 0.193. The molecule has 0 saturated carbocycles. The summed E-state index contributed by atoms with van der Waals surface area (Å²) in [5, 5.41) is 24.1. The second-order valence-electron chi connectivity index (χ2n) is 9.48. The van der Waals surface area contributed by atoms with E-state index in [1.165, 1.54) is 44.9 Å². The van der Waals surface area contributed by atoms with Gasteiger partial charge in [-0.1, -0.05) is 58.3 Å². The maximum absolute atomic E-state index is 10.1. The van der Waals surface area contributed by atoms with Gasteiger partial charge in [0.15, 0.2) is 0 Å². The molecule has 0 fully saturated rings. The van der Waals surface area contributed by atoms with E-state index in [0.717, 1.165) is 39.0 Å². The van der Waals surface area contributed by atoms with Crippen molar-refractivity contribution in [1.82, 2.24) is 21.3 Å². The van der Waals surface area contributed by atoms with Crippen LogP contribution in [0, 0.1) is 0 Å². The molecule has 5 atom stereocenters. The molecule has 0 spiro atoms. The summed E-state index contributed by atoms with van der Waals surface area (Å²) in [4.78, 5) is 0. The van der Waals surface area contributed by atoms with Gasteiger partial charge in [0.2, 0.25) is 0 Å². The van der Waals surface area contributed by atoms with Crippen LogP contribution in [-0.2, 0) is 0 Å². The third-order valence-electron chi connectivity index (χ3n) is 5.55. The van der Waals surface area contributed by atoms with Crippen molar-refractivity contribution in [3.63, 3.8) is 0 Å². The van der Waals surface area contributed by atoms with Crippen LogP contribution in [0.5, 0.6) is 0 Å². The molecular weight excluding hydrogens is 374 g/mol. The molecule has 0 aliphatic rings. The van der Waals surface area contributed by atoms with Gasteiger partial charge in [-0.15, -0.1) is 0 Å². The third-order valence-corrected chi connectivity index (χ3v) is 5.55. The highest BCUT2D eigenvalue weighted by atomic mass is 16.3. The van der Waals surface area contributed by atoms with Crippen LogP contribution in [0.15, 0.2) is 0 Å². The molecule has 0 amide bonds. The zero-order chi connectivity index (χ0) is 22.6. The van der Waals surface area contributed by atoms with Crippen LogP contribution in [0.3, 0.4) is 0 Å². The van der Waals surface area contributed by atoms with Crippen molar-refractivity contribution < 1.29 is 5.11 Å². The van der Waals surface area contributed by atoms with E-state index < -0.39 is 0 Å². The summed E-state index contributed by atoms with van der Waals surface area (Å²) < 4.78 is 0. The first-order valence-corrected chi connectivity index (χ1v) is 12.7. The molecule has 0 bridgehead atoms. The number of aliphatic hydroxyl groups excluding tert-OH is 1. The molecule has 0 radical (unpaired) electrons. The maximum Gasteiger partial charge on any atom is 0.0664 e. The fourth-order valence-electron chi connectivity index (χ4n) is 3.44. The number of rotatable bonds is 22. The molecule has 5 unspecified atom stereocenters. The Balaban J connectivity index is 3.55.